The van der Waals surface area contributed by atoms with Crippen LogP contribution in [0.2, 0.25) is 0 Å². The van der Waals surface area contributed by atoms with Crippen LogP contribution in [0.5, 0.6) is 0 Å². The fourth-order valence-corrected chi connectivity index (χ4v) is 2.48. The van der Waals surface area contributed by atoms with Crippen LogP contribution in [0.1, 0.15) is 10.6 Å². The van der Waals surface area contributed by atoms with Crippen molar-refractivity contribution in [3.63, 3.8) is 0 Å². The lowest BCUT2D eigenvalue weighted by Gasteiger charge is -2.04. The third kappa shape index (κ3) is 3.66. The zero-order chi connectivity index (χ0) is 13.8. The van der Waals surface area contributed by atoms with Crippen LogP contribution in [-0.4, -0.2) is 32.4 Å². The summed E-state index contributed by atoms with van der Waals surface area (Å²) in [5, 5.41) is 28.3. The second-order valence-electron chi connectivity index (χ2n) is 3.67. The van der Waals surface area contributed by atoms with Gasteiger partial charge in [-0.1, -0.05) is 0 Å². The molecule has 2 heterocycles. The monoisotopic (exact) mass is 284 g/mol. The summed E-state index contributed by atoms with van der Waals surface area (Å²) in [6.07, 6.45) is 4.54. The fraction of sp³-hybridized carbons (Fsp3) is 0.300. The molecule has 0 radical (unpaired) electrons. The number of nitrogens with zero attached hydrogens (tertiary/aromatic N) is 4. The number of rotatable bonds is 5. The van der Waals surface area contributed by atoms with Gasteiger partial charge in [0.1, 0.15) is 5.01 Å². The summed E-state index contributed by atoms with van der Waals surface area (Å²) in [5.41, 5.74) is 1.30. The van der Waals surface area contributed by atoms with E-state index in [2.05, 4.69) is 14.8 Å². The molecular formula is C10H12N4O4S. The molecule has 2 aromatic heterocycles. The predicted molar refractivity (Wildman–Crippen MR) is 64.1 cm³/mol. The molecule has 19 heavy (non-hydrogen) atoms. The van der Waals surface area contributed by atoms with Crippen LogP contribution in [0, 0.1) is 12.1 Å². The fourth-order valence-electron chi connectivity index (χ4n) is 1.48. The van der Waals surface area contributed by atoms with Gasteiger partial charge in [0.25, 0.3) is 0 Å². The maximum Gasteiger partial charge on any atom is 0.209 e. The minimum Gasteiger partial charge on any atom is -0.619 e. The van der Waals surface area contributed by atoms with Gasteiger partial charge in [-0.25, -0.2) is 9.97 Å². The SMILES string of the molecule is Cc1nc(-c2c[n+]([O-])ccn2)sc1CCON(O)O. The average Bonchev–Trinajstić information content (AvgIpc) is 2.71. The highest BCUT2D eigenvalue weighted by molar-refractivity contribution is 7.15. The van der Waals surface area contributed by atoms with E-state index in [4.69, 9.17) is 10.4 Å². The van der Waals surface area contributed by atoms with Crippen molar-refractivity contribution >= 4 is 11.3 Å². The smallest absolute Gasteiger partial charge is 0.209 e. The Labute approximate surface area is 112 Å². The van der Waals surface area contributed by atoms with E-state index in [-0.39, 0.29) is 12.0 Å². The number of hydrogen-bond donors (Lipinski definition) is 2. The van der Waals surface area contributed by atoms with E-state index in [0.717, 1.165) is 10.6 Å². The molecule has 0 aliphatic rings. The maximum atomic E-state index is 11.2. The Hall–Kier alpha value is -1.65. The lowest BCUT2D eigenvalue weighted by atomic mass is 10.3. The van der Waals surface area contributed by atoms with Crippen LogP contribution in [0.25, 0.3) is 10.7 Å². The molecule has 0 unspecified atom stereocenters. The highest BCUT2D eigenvalue weighted by Gasteiger charge is 2.12. The summed E-state index contributed by atoms with van der Waals surface area (Å²) >= 11 is 1.39. The second-order valence-corrected chi connectivity index (χ2v) is 4.75. The largest absolute Gasteiger partial charge is 0.619 e. The van der Waals surface area contributed by atoms with Crippen molar-refractivity contribution in [2.75, 3.05) is 6.61 Å². The zero-order valence-electron chi connectivity index (χ0n) is 10.1. The molecule has 0 saturated heterocycles. The third-order valence-electron chi connectivity index (χ3n) is 2.32. The van der Waals surface area contributed by atoms with Gasteiger partial charge in [-0.2, -0.15) is 4.73 Å². The van der Waals surface area contributed by atoms with Crippen LogP contribution < -0.4 is 4.73 Å². The van der Waals surface area contributed by atoms with Gasteiger partial charge < -0.3 is 5.21 Å². The molecule has 0 aliphatic heterocycles. The van der Waals surface area contributed by atoms with E-state index in [1.165, 1.54) is 29.9 Å². The molecule has 0 saturated carbocycles. The Morgan fingerprint density at radius 1 is 1.53 bits per heavy atom. The van der Waals surface area contributed by atoms with Gasteiger partial charge in [0.2, 0.25) is 6.20 Å². The van der Waals surface area contributed by atoms with Gasteiger partial charge in [-0.15, -0.1) is 11.3 Å². The predicted octanol–water partition coefficient (Wildman–Crippen LogP) is 0.701. The molecule has 2 N–H and O–H groups in total. The molecule has 0 atom stereocenters. The molecule has 0 aliphatic carbocycles. The van der Waals surface area contributed by atoms with E-state index < -0.39 is 0 Å². The van der Waals surface area contributed by atoms with Gasteiger partial charge in [-0.05, 0) is 6.92 Å². The average molecular weight is 284 g/mol. The topological polar surface area (TPSA) is 106 Å². The van der Waals surface area contributed by atoms with E-state index in [1.807, 2.05) is 6.92 Å². The maximum absolute atomic E-state index is 11.2. The van der Waals surface area contributed by atoms with Crippen LogP contribution in [-0.2, 0) is 11.3 Å². The van der Waals surface area contributed by atoms with Crippen molar-refractivity contribution < 1.29 is 20.0 Å². The van der Waals surface area contributed by atoms with Crippen molar-refractivity contribution in [1.82, 2.24) is 15.4 Å². The Bertz CT molecular complexity index is 560. The second kappa shape index (κ2) is 5.99. The Balaban J connectivity index is 2.12. The van der Waals surface area contributed by atoms with E-state index in [0.29, 0.717) is 21.9 Å². The summed E-state index contributed by atoms with van der Waals surface area (Å²) < 4.78 is 0.664. The molecule has 0 aromatic carbocycles. The molecule has 9 heteroatoms. The molecule has 102 valence electrons. The Morgan fingerprint density at radius 3 is 3.00 bits per heavy atom. The first-order valence-corrected chi connectivity index (χ1v) is 6.20. The third-order valence-corrected chi connectivity index (χ3v) is 3.56. The Morgan fingerprint density at radius 2 is 2.32 bits per heavy atom. The lowest BCUT2D eigenvalue weighted by molar-refractivity contribution is -0.605. The molecule has 2 aromatic rings. The molecule has 0 fully saturated rings. The first kappa shape index (κ1) is 13.8. The van der Waals surface area contributed by atoms with E-state index in [9.17, 15) is 5.21 Å². The molecule has 0 amide bonds. The summed E-state index contributed by atoms with van der Waals surface area (Å²) in [4.78, 5) is 13.8. The first-order valence-electron chi connectivity index (χ1n) is 5.38. The van der Waals surface area contributed by atoms with Gasteiger partial charge in [0, 0.05) is 11.3 Å². The normalized spacial score (nSPS) is 11.2. The van der Waals surface area contributed by atoms with E-state index in [1.54, 1.807) is 0 Å². The summed E-state index contributed by atoms with van der Waals surface area (Å²) in [7, 11) is 0. The van der Waals surface area contributed by atoms with Crippen molar-refractivity contribution in [3.05, 3.63) is 34.4 Å². The standard InChI is InChI=1S/C10H12N4O4S/c1-7-9(2-5-18-14(16)17)19-10(12-7)8-6-13(15)4-3-11-8/h3-4,6,16-17H,2,5H2,1H3. The first-order chi connectivity index (χ1) is 9.06. The molecular weight excluding hydrogens is 272 g/mol. The summed E-state index contributed by atoms with van der Waals surface area (Å²) in [5.74, 6) is 0. The summed E-state index contributed by atoms with van der Waals surface area (Å²) in [6.45, 7) is 1.94. The minimum atomic E-state index is -0.323. The zero-order valence-corrected chi connectivity index (χ0v) is 10.9. The number of hydrogen-bond acceptors (Lipinski definition) is 8. The quantitative estimate of drug-likeness (QED) is 0.473. The number of aryl methyl sites for hydroxylation is 1. The number of aromatic nitrogens is 3. The molecule has 2 rings (SSSR count). The van der Waals surface area contributed by atoms with Crippen LogP contribution in [0.3, 0.4) is 0 Å². The van der Waals surface area contributed by atoms with E-state index >= 15 is 0 Å². The molecule has 8 nitrogen and oxygen atoms in total. The van der Waals surface area contributed by atoms with Crippen molar-refractivity contribution in [2.24, 2.45) is 0 Å². The van der Waals surface area contributed by atoms with Crippen LogP contribution >= 0.6 is 11.3 Å². The highest BCUT2D eigenvalue weighted by Crippen LogP contribution is 2.26. The number of thiazole rings is 1. The van der Waals surface area contributed by atoms with Crippen molar-refractivity contribution in [2.45, 2.75) is 13.3 Å². The minimum absolute atomic E-state index is 0.110. The Kier molecular flexibility index (Phi) is 4.35. The highest BCUT2D eigenvalue weighted by atomic mass is 32.1. The van der Waals surface area contributed by atoms with Gasteiger partial charge in [0.05, 0.1) is 23.9 Å². The molecule has 0 spiro atoms. The van der Waals surface area contributed by atoms with Gasteiger partial charge in [-0.3, -0.25) is 15.3 Å². The van der Waals surface area contributed by atoms with Crippen LogP contribution in [0.15, 0.2) is 18.6 Å². The van der Waals surface area contributed by atoms with Crippen molar-refractivity contribution in [1.29, 1.82) is 0 Å². The van der Waals surface area contributed by atoms with Crippen LogP contribution in [0.4, 0.5) is 0 Å². The molecule has 0 bridgehead atoms. The van der Waals surface area contributed by atoms with Crippen molar-refractivity contribution in [3.8, 4) is 10.7 Å². The lowest BCUT2D eigenvalue weighted by Crippen LogP contribution is -2.24. The van der Waals surface area contributed by atoms with Gasteiger partial charge in [0.15, 0.2) is 11.9 Å². The summed E-state index contributed by atoms with van der Waals surface area (Å²) in [6, 6.07) is 0. The van der Waals surface area contributed by atoms with Gasteiger partial charge >= 0.3 is 0 Å².